The number of rotatable bonds is 5. The predicted molar refractivity (Wildman–Crippen MR) is 109 cm³/mol. The number of aliphatic hydroxyl groups is 1. The molecule has 1 aromatic heterocycles. The van der Waals surface area contributed by atoms with E-state index >= 15 is 0 Å². The van der Waals surface area contributed by atoms with E-state index in [1.165, 1.54) is 18.9 Å². The lowest BCUT2D eigenvalue weighted by atomic mass is 10.0. The van der Waals surface area contributed by atoms with E-state index in [1.807, 2.05) is 18.2 Å². The molecule has 0 aliphatic carbocycles. The lowest BCUT2D eigenvalue weighted by Gasteiger charge is -2.21. The SMILES string of the molecule is C=C1c2nc3cc4c(cc3cc2CN1C(=O)/C(COC)=C(\C)C(O)C=O)OCCO4. The number of aromatic nitrogens is 1. The van der Waals surface area contributed by atoms with Crippen LogP contribution < -0.4 is 9.47 Å². The van der Waals surface area contributed by atoms with Crippen molar-refractivity contribution in [2.24, 2.45) is 0 Å². The highest BCUT2D eigenvalue weighted by Crippen LogP contribution is 2.38. The molecule has 1 amide bonds. The van der Waals surface area contributed by atoms with E-state index < -0.39 is 6.10 Å². The van der Waals surface area contributed by atoms with Crippen LogP contribution in [0.5, 0.6) is 11.5 Å². The number of carbonyl (C=O) groups is 2. The maximum Gasteiger partial charge on any atom is 0.256 e. The monoisotopic (exact) mass is 410 g/mol. The van der Waals surface area contributed by atoms with Crippen LogP contribution in [0.25, 0.3) is 16.6 Å². The molecule has 1 unspecified atom stereocenters. The number of hydrogen-bond donors (Lipinski definition) is 1. The highest BCUT2D eigenvalue weighted by molar-refractivity contribution is 6.01. The Hall–Kier alpha value is -3.23. The third kappa shape index (κ3) is 3.34. The Morgan fingerprint density at radius 1 is 1.33 bits per heavy atom. The zero-order chi connectivity index (χ0) is 21.4. The highest BCUT2D eigenvalue weighted by Gasteiger charge is 2.32. The molecule has 0 bridgehead atoms. The van der Waals surface area contributed by atoms with Gasteiger partial charge in [0.25, 0.3) is 5.91 Å². The zero-order valence-electron chi connectivity index (χ0n) is 16.8. The molecule has 8 heteroatoms. The van der Waals surface area contributed by atoms with Gasteiger partial charge in [-0.25, -0.2) is 4.98 Å². The van der Waals surface area contributed by atoms with Crippen molar-refractivity contribution in [3.8, 4) is 11.5 Å². The molecule has 0 radical (unpaired) electrons. The van der Waals surface area contributed by atoms with Gasteiger partial charge in [-0.05, 0) is 24.6 Å². The Morgan fingerprint density at radius 3 is 2.70 bits per heavy atom. The number of amides is 1. The normalized spacial score (nSPS) is 16.9. The molecule has 0 spiro atoms. The summed E-state index contributed by atoms with van der Waals surface area (Å²) in [4.78, 5) is 30.4. The van der Waals surface area contributed by atoms with E-state index in [0.29, 0.717) is 47.9 Å². The first-order valence-electron chi connectivity index (χ1n) is 9.51. The Bertz CT molecular complexity index is 1090. The molecule has 1 aromatic carbocycles. The van der Waals surface area contributed by atoms with Crippen LogP contribution in [-0.2, 0) is 20.9 Å². The van der Waals surface area contributed by atoms with Gasteiger partial charge in [0, 0.05) is 29.7 Å². The molecule has 30 heavy (non-hydrogen) atoms. The maximum absolute atomic E-state index is 13.2. The molecule has 0 saturated carbocycles. The number of pyridine rings is 1. The highest BCUT2D eigenvalue weighted by atomic mass is 16.6. The lowest BCUT2D eigenvalue weighted by Crippen LogP contribution is -2.30. The van der Waals surface area contributed by atoms with Crippen LogP contribution in [0.2, 0.25) is 0 Å². The van der Waals surface area contributed by atoms with Crippen LogP contribution >= 0.6 is 0 Å². The van der Waals surface area contributed by atoms with E-state index in [1.54, 1.807) is 0 Å². The molecule has 4 rings (SSSR count). The van der Waals surface area contributed by atoms with Crippen LogP contribution in [0.15, 0.2) is 35.9 Å². The average Bonchev–Trinajstić information content (AvgIpc) is 3.08. The van der Waals surface area contributed by atoms with Crippen molar-refractivity contribution in [3.63, 3.8) is 0 Å². The fourth-order valence-corrected chi connectivity index (χ4v) is 3.64. The first kappa shape index (κ1) is 20.1. The number of aliphatic hydroxyl groups excluding tert-OH is 1. The summed E-state index contributed by atoms with van der Waals surface area (Å²) in [7, 11) is 1.45. The van der Waals surface area contributed by atoms with Crippen molar-refractivity contribution in [2.45, 2.75) is 19.6 Å². The van der Waals surface area contributed by atoms with Crippen molar-refractivity contribution < 1.29 is 28.9 Å². The number of ether oxygens (including phenoxy) is 3. The molecule has 1 N–H and O–H groups in total. The van der Waals surface area contributed by atoms with Gasteiger partial charge in [0.05, 0.1) is 30.1 Å². The number of carbonyl (C=O) groups excluding carboxylic acids is 2. The molecule has 0 fully saturated rings. The summed E-state index contributed by atoms with van der Waals surface area (Å²) in [6, 6.07) is 5.66. The summed E-state index contributed by atoms with van der Waals surface area (Å²) in [5, 5.41) is 10.8. The predicted octanol–water partition coefficient (Wildman–Crippen LogP) is 1.84. The van der Waals surface area contributed by atoms with Crippen LogP contribution in [-0.4, -0.2) is 60.2 Å². The van der Waals surface area contributed by atoms with E-state index in [2.05, 4.69) is 6.58 Å². The van der Waals surface area contributed by atoms with Crippen LogP contribution in [0.4, 0.5) is 0 Å². The largest absolute Gasteiger partial charge is 0.486 e. The van der Waals surface area contributed by atoms with Gasteiger partial charge >= 0.3 is 0 Å². The van der Waals surface area contributed by atoms with Gasteiger partial charge < -0.3 is 29.0 Å². The van der Waals surface area contributed by atoms with Gasteiger partial charge in [0.15, 0.2) is 17.8 Å². The van der Waals surface area contributed by atoms with Crippen molar-refractivity contribution >= 4 is 28.8 Å². The van der Waals surface area contributed by atoms with Crippen LogP contribution in [0.3, 0.4) is 0 Å². The maximum atomic E-state index is 13.2. The number of hydrogen-bond acceptors (Lipinski definition) is 7. The van der Waals surface area contributed by atoms with Crippen molar-refractivity contribution in [3.05, 3.63) is 47.2 Å². The molecule has 8 nitrogen and oxygen atoms in total. The summed E-state index contributed by atoms with van der Waals surface area (Å²) < 4.78 is 16.4. The minimum atomic E-state index is -1.37. The Morgan fingerprint density at radius 2 is 2.03 bits per heavy atom. The fraction of sp³-hybridized carbons (Fsp3) is 0.318. The Labute approximate surface area is 173 Å². The smallest absolute Gasteiger partial charge is 0.256 e. The molecule has 1 atom stereocenters. The molecular weight excluding hydrogens is 388 g/mol. The second-order valence-corrected chi connectivity index (χ2v) is 7.20. The molecule has 156 valence electrons. The number of aldehydes is 1. The Balaban J connectivity index is 1.71. The second-order valence-electron chi connectivity index (χ2n) is 7.20. The van der Waals surface area contributed by atoms with Crippen molar-refractivity contribution in [1.29, 1.82) is 0 Å². The Kier molecular flexibility index (Phi) is 5.27. The molecule has 2 aromatic rings. The first-order chi connectivity index (χ1) is 14.4. The molecule has 0 saturated heterocycles. The first-order valence-corrected chi connectivity index (χ1v) is 9.51. The number of benzene rings is 1. The van der Waals surface area contributed by atoms with Crippen LogP contribution in [0, 0.1) is 0 Å². The van der Waals surface area contributed by atoms with Gasteiger partial charge in [0.1, 0.15) is 19.3 Å². The summed E-state index contributed by atoms with van der Waals surface area (Å²) in [5.41, 5.74) is 3.11. The molecular formula is C22H22N2O6. The minimum absolute atomic E-state index is 0.0352. The summed E-state index contributed by atoms with van der Waals surface area (Å²) in [5.74, 6) is 0.929. The van der Waals surface area contributed by atoms with Gasteiger partial charge in [-0.15, -0.1) is 0 Å². The van der Waals surface area contributed by atoms with Crippen LogP contribution in [0.1, 0.15) is 18.2 Å². The van der Waals surface area contributed by atoms with Gasteiger partial charge in [0.2, 0.25) is 0 Å². The molecule has 2 aliphatic rings. The van der Waals surface area contributed by atoms with E-state index in [9.17, 15) is 14.7 Å². The molecule has 3 heterocycles. The summed E-state index contributed by atoms with van der Waals surface area (Å²) in [6.07, 6.45) is -0.990. The van der Waals surface area contributed by atoms with Crippen molar-refractivity contribution in [2.75, 3.05) is 26.9 Å². The van der Waals surface area contributed by atoms with E-state index in [0.717, 1.165) is 10.9 Å². The van der Waals surface area contributed by atoms with Gasteiger partial charge in [-0.1, -0.05) is 6.58 Å². The molecule has 2 aliphatic heterocycles. The summed E-state index contributed by atoms with van der Waals surface area (Å²) in [6.45, 7) is 6.81. The second kappa shape index (κ2) is 7.89. The third-order valence-electron chi connectivity index (χ3n) is 5.33. The standard InChI is InChI=1S/C22H22N2O6/c1-12(18(26)10-25)16(11-28-3)22(27)24-9-15-6-14-7-19-20(30-5-4-29-19)8-17(14)23-21(15)13(24)2/h6-8,10,18,26H,2,4-5,9,11H2,1,3H3/b16-12+. The number of fused-ring (bicyclic) bond motifs is 3. The van der Waals surface area contributed by atoms with E-state index in [-0.39, 0.29) is 30.2 Å². The minimum Gasteiger partial charge on any atom is -0.486 e. The number of nitrogens with zero attached hydrogens (tertiary/aromatic N) is 2. The summed E-state index contributed by atoms with van der Waals surface area (Å²) >= 11 is 0. The zero-order valence-corrected chi connectivity index (χ0v) is 16.8. The van der Waals surface area contributed by atoms with Crippen molar-refractivity contribution in [1.82, 2.24) is 9.88 Å². The number of methoxy groups -OCH3 is 1. The quantitative estimate of drug-likeness (QED) is 0.593. The topological polar surface area (TPSA) is 98.2 Å². The third-order valence-corrected chi connectivity index (χ3v) is 5.33. The van der Waals surface area contributed by atoms with Gasteiger partial charge in [-0.2, -0.15) is 0 Å². The average molecular weight is 410 g/mol. The van der Waals surface area contributed by atoms with Gasteiger partial charge in [-0.3, -0.25) is 4.79 Å². The fourth-order valence-electron chi connectivity index (χ4n) is 3.64. The lowest BCUT2D eigenvalue weighted by molar-refractivity contribution is -0.124. The van der Waals surface area contributed by atoms with E-state index in [4.69, 9.17) is 19.2 Å².